The number of alkyl halides is 3. The Morgan fingerprint density at radius 3 is 2.06 bits per heavy atom. The number of rotatable bonds is 4. The van der Waals surface area contributed by atoms with Crippen LogP contribution >= 0.6 is 0 Å². The van der Waals surface area contributed by atoms with Gasteiger partial charge in [0, 0.05) is 12.7 Å². The van der Waals surface area contributed by atoms with Crippen molar-refractivity contribution in [2.24, 2.45) is 5.10 Å². The van der Waals surface area contributed by atoms with E-state index in [1.165, 1.54) is 36.4 Å². The summed E-state index contributed by atoms with van der Waals surface area (Å²) in [6, 6.07) is 17.3. The summed E-state index contributed by atoms with van der Waals surface area (Å²) in [7, 11) is -3.37. The minimum Gasteiger partial charge on any atom is -0.508 e. The molecule has 1 atom stereocenters. The zero-order valence-electron chi connectivity index (χ0n) is 16.9. The van der Waals surface area contributed by atoms with Gasteiger partial charge >= 0.3 is 6.18 Å². The smallest absolute Gasteiger partial charge is 0.416 e. The van der Waals surface area contributed by atoms with Crippen LogP contribution in [0, 0.1) is 0 Å². The third-order valence-corrected chi connectivity index (χ3v) is 6.39. The lowest BCUT2D eigenvalue weighted by Gasteiger charge is -2.24. The lowest BCUT2D eigenvalue weighted by Crippen LogP contribution is -2.19. The molecule has 3 aromatic carbocycles. The van der Waals surface area contributed by atoms with E-state index in [1.54, 1.807) is 29.3 Å². The third kappa shape index (κ3) is 4.47. The highest BCUT2D eigenvalue weighted by atomic mass is 32.2. The number of hydrazone groups is 1. The summed E-state index contributed by atoms with van der Waals surface area (Å²) in [5.41, 5.74) is 1.99. The van der Waals surface area contributed by atoms with E-state index in [0.717, 1.165) is 24.0 Å². The van der Waals surface area contributed by atoms with Gasteiger partial charge in [-0.2, -0.15) is 18.3 Å². The molecule has 4 rings (SSSR count). The van der Waals surface area contributed by atoms with Gasteiger partial charge in [0.1, 0.15) is 5.75 Å². The molecule has 0 bridgehead atoms. The molecule has 0 saturated carbocycles. The highest BCUT2D eigenvalue weighted by Gasteiger charge is 2.33. The van der Waals surface area contributed by atoms with Crippen molar-refractivity contribution in [2.75, 3.05) is 11.3 Å². The molecule has 1 unspecified atom stereocenters. The van der Waals surface area contributed by atoms with Crippen LogP contribution in [0.2, 0.25) is 0 Å². The molecule has 0 aromatic heterocycles. The van der Waals surface area contributed by atoms with Gasteiger partial charge in [-0.15, -0.1) is 0 Å². The van der Waals surface area contributed by atoms with E-state index >= 15 is 0 Å². The number of hydrogen-bond acceptors (Lipinski definition) is 5. The van der Waals surface area contributed by atoms with Crippen LogP contribution < -0.4 is 5.01 Å². The topological polar surface area (TPSA) is 70.0 Å². The molecule has 1 heterocycles. The van der Waals surface area contributed by atoms with Gasteiger partial charge in [-0.05, 0) is 71.8 Å². The lowest BCUT2D eigenvalue weighted by molar-refractivity contribution is -0.137. The van der Waals surface area contributed by atoms with Crippen molar-refractivity contribution in [1.29, 1.82) is 0 Å². The monoisotopic (exact) mass is 460 g/mol. The Labute approximate surface area is 183 Å². The molecule has 0 amide bonds. The minimum atomic E-state index is -4.43. The molecule has 166 valence electrons. The molecule has 1 aliphatic heterocycles. The minimum absolute atomic E-state index is 0.111. The Morgan fingerprint density at radius 2 is 1.53 bits per heavy atom. The third-order valence-electron chi connectivity index (χ3n) is 5.26. The van der Waals surface area contributed by atoms with Gasteiger partial charge in [0.2, 0.25) is 0 Å². The van der Waals surface area contributed by atoms with Crippen LogP contribution in [0.3, 0.4) is 0 Å². The quantitative estimate of drug-likeness (QED) is 0.583. The zero-order valence-corrected chi connectivity index (χ0v) is 17.7. The van der Waals surface area contributed by atoms with E-state index in [-0.39, 0.29) is 16.7 Å². The summed E-state index contributed by atoms with van der Waals surface area (Å²) >= 11 is 0. The number of nitrogens with zero attached hydrogens (tertiary/aromatic N) is 2. The van der Waals surface area contributed by atoms with E-state index in [9.17, 15) is 26.7 Å². The van der Waals surface area contributed by atoms with Crippen LogP contribution in [-0.4, -0.2) is 25.5 Å². The number of phenolic OH excluding ortho intramolecular Hbond substituents is 1. The fraction of sp³-hybridized carbons (Fsp3) is 0.174. The maximum absolute atomic E-state index is 13.0. The fourth-order valence-electron chi connectivity index (χ4n) is 3.58. The van der Waals surface area contributed by atoms with Gasteiger partial charge in [0.15, 0.2) is 9.84 Å². The molecule has 1 aliphatic rings. The van der Waals surface area contributed by atoms with E-state index in [2.05, 4.69) is 5.10 Å². The standard InChI is InChI=1S/C23H19F3N2O3S/c1-32(30,31)20-12-8-18(9-13-20)28-22(16-2-6-17(7-3-16)23(24,25)26)14-21(27-28)15-4-10-19(29)11-5-15/h2-13,22,29H,14H2,1H3. The second-order valence-electron chi connectivity index (χ2n) is 7.54. The number of sulfone groups is 1. The summed E-state index contributed by atoms with van der Waals surface area (Å²) in [6.07, 6.45) is -2.89. The molecule has 9 heteroatoms. The van der Waals surface area contributed by atoms with Crippen LogP contribution in [0.1, 0.15) is 29.2 Å². The normalized spacial score (nSPS) is 16.8. The fourth-order valence-corrected chi connectivity index (χ4v) is 4.21. The molecule has 0 saturated heterocycles. The van der Waals surface area contributed by atoms with Crippen LogP contribution in [0.4, 0.5) is 18.9 Å². The van der Waals surface area contributed by atoms with E-state index in [0.29, 0.717) is 23.4 Å². The number of halogens is 3. The van der Waals surface area contributed by atoms with E-state index in [4.69, 9.17) is 0 Å². The lowest BCUT2D eigenvalue weighted by atomic mass is 9.97. The summed E-state index contributed by atoms with van der Waals surface area (Å²) in [4.78, 5) is 0.161. The number of anilines is 1. The number of hydrogen-bond donors (Lipinski definition) is 1. The van der Waals surface area contributed by atoms with Gasteiger partial charge in [0.25, 0.3) is 0 Å². The van der Waals surface area contributed by atoms with Crippen molar-refractivity contribution in [2.45, 2.75) is 23.5 Å². The maximum Gasteiger partial charge on any atom is 0.416 e. The Kier molecular flexibility index (Phi) is 5.46. The summed E-state index contributed by atoms with van der Waals surface area (Å²) in [5, 5.41) is 15.9. The molecular weight excluding hydrogens is 441 g/mol. The zero-order chi connectivity index (χ0) is 23.1. The van der Waals surface area contributed by atoms with E-state index in [1.807, 2.05) is 0 Å². The molecule has 5 nitrogen and oxygen atoms in total. The molecule has 1 N–H and O–H groups in total. The van der Waals surface area contributed by atoms with Crippen molar-refractivity contribution in [1.82, 2.24) is 0 Å². The first-order valence-electron chi connectivity index (χ1n) is 9.66. The number of benzene rings is 3. The van der Waals surface area contributed by atoms with Gasteiger partial charge in [0.05, 0.1) is 27.9 Å². The maximum atomic E-state index is 13.0. The first-order valence-corrected chi connectivity index (χ1v) is 11.5. The summed E-state index contributed by atoms with van der Waals surface area (Å²) in [6.45, 7) is 0. The van der Waals surface area contributed by atoms with Gasteiger partial charge in [-0.1, -0.05) is 12.1 Å². The summed E-state index contributed by atoms with van der Waals surface area (Å²) < 4.78 is 62.5. The Bertz CT molecular complexity index is 1250. The first kappa shape index (κ1) is 21.9. The molecule has 3 aromatic rings. The molecule has 0 spiro atoms. The van der Waals surface area contributed by atoms with Crippen molar-refractivity contribution in [3.05, 3.63) is 89.5 Å². The highest BCUT2D eigenvalue weighted by Crippen LogP contribution is 2.38. The summed E-state index contributed by atoms with van der Waals surface area (Å²) in [5.74, 6) is 0.111. The molecule has 0 fully saturated rings. The predicted molar refractivity (Wildman–Crippen MR) is 115 cm³/mol. The molecule has 0 aliphatic carbocycles. The molecule has 0 radical (unpaired) electrons. The molecular formula is C23H19F3N2O3S. The Hall–Kier alpha value is -3.33. The average Bonchev–Trinajstić information content (AvgIpc) is 3.19. The molecule has 32 heavy (non-hydrogen) atoms. The van der Waals surface area contributed by atoms with Crippen LogP contribution in [0.25, 0.3) is 0 Å². The Balaban J connectivity index is 1.73. The highest BCUT2D eigenvalue weighted by molar-refractivity contribution is 7.90. The second-order valence-corrected chi connectivity index (χ2v) is 9.56. The number of aromatic hydroxyl groups is 1. The SMILES string of the molecule is CS(=O)(=O)c1ccc(N2N=C(c3ccc(O)cc3)CC2c2ccc(C(F)(F)F)cc2)cc1. The van der Waals surface area contributed by atoms with Crippen LogP contribution in [-0.2, 0) is 16.0 Å². The van der Waals surface area contributed by atoms with Gasteiger partial charge in [-0.3, -0.25) is 5.01 Å². The van der Waals surface area contributed by atoms with Crippen molar-refractivity contribution in [3.63, 3.8) is 0 Å². The van der Waals surface area contributed by atoms with Crippen molar-refractivity contribution >= 4 is 21.2 Å². The Morgan fingerprint density at radius 1 is 0.938 bits per heavy atom. The van der Waals surface area contributed by atoms with Gasteiger partial charge < -0.3 is 5.11 Å². The first-order chi connectivity index (χ1) is 15.0. The van der Waals surface area contributed by atoms with Crippen molar-refractivity contribution < 1.29 is 26.7 Å². The average molecular weight is 460 g/mol. The van der Waals surface area contributed by atoms with E-state index < -0.39 is 21.6 Å². The van der Waals surface area contributed by atoms with Crippen LogP contribution in [0.5, 0.6) is 5.75 Å². The number of phenols is 1. The van der Waals surface area contributed by atoms with Gasteiger partial charge in [-0.25, -0.2) is 8.42 Å². The second kappa shape index (κ2) is 7.98. The largest absolute Gasteiger partial charge is 0.508 e. The van der Waals surface area contributed by atoms with Crippen LogP contribution in [0.15, 0.2) is 82.8 Å². The predicted octanol–water partition coefficient (Wildman–Crippen LogP) is 5.17. The van der Waals surface area contributed by atoms with Crippen molar-refractivity contribution in [3.8, 4) is 5.75 Å².